The highest BCUT2D eigenvalue weighted by Crippen LogP contribution is 2.39. The summed E-state index contributed by atoms with van der Waals surface area (Å²) in [5.74, 6) is -1.06. The van der Waals surface area contributed by atoms with E-state index in [0.717, 1.165) is 36.2 Å². The van der Waals surface area contributed by atoms with E-state index >= 15 is 0 Å². The quantitative estimate of drug-likeness (QED) is 0.634. The van der Waals surface area contributed by atoms with E-state index in [2.05, 4.69) is 0 Å². The Bertz CT molecular complexity index is 835. The number of aryl methyl sites for hydroxylation is 4. The minimum absolute atomic E-state index is 0.114. The number of carboxylic acids is 1. The Hall–Kier alpha value is -1.72. The Balaban J connectivity index is 2.92. The monoisotopic (exact) mass is 348 g/mol. The van der Waals surface area contributed by atoms with Crippen LogP contribution >= 0.6 is 22.7 Å². The molecule has 0 fully saturated rings. The lowest BCUT2D eigenvalue weighted by Crippen LogP contribution is -2.07. The second kappa shape index (κ2) is 6.42. The number of allylic oxidation sites excluding steroid dienone is 1. The van der Waals surface area contributed by atoms with Crippen molar-refractivity contribution >= 4 is 46.1 Å². The van der Waals surface area contributed by atoms with Gasteiger partial charge in [0.25, 0.3) is 0 Å². The highest BCUT2D eigenvalue weighted by molar-refractivity contribution is 7.12. The van der Waals surface area contributed by atoms with Crippen LogP contribution < -0.4 is 0 Å². The third-order valence-electron chi connectivity index (χ3n) is 4.24. The van der Waals surface area contributed by atoms with Gasteiger partial charge in [-0.15, -0.1) is 22.7 Å². The third kappa shape index (κ3) is 2.91. The van der Waals surface area contributed by atoms with Gasteiger partial charge in [-0.25, -0.2) is 4.79 Å². The van der Waals surface area contributed by atoms with Crippen molar-refractivity contribution in [3.8, 4) is 0 Å². The lowest BCUT2D eigenvalue weighted by atomic mass is 9.91. The van der Waals surface area contributed by atoms with Gasteiger partial charge in [-0.3, -0.25) is 4.79 Å². The van der Waals surface area contributed by atoms with Crippen LogP contribution in [0.3, 0.4) is 0 Å². The van der Waals surface area contributed by atoms with Crippen LogP contribution in [0.1, 0.15) is 41.8 Å². The minimum atomic E-state index is -1.06. The number of hydrogen-bond donors (Lipinski definition) is 1. The van der Waals surface area contributed by atoms with Gasteiger partial charge in [0.2, 0.25) is 0 Å². The average molecular weight is 348 g/mol. The normalized spacial score (nSPS) is 12.3. The van der Waals surface area contributed by atoms with E-state index in [1.807, 2.05) is 41.5 Å². The van der Waals surface area contributed by atoms with Crippen molar-refractivity contribution in [2.45, 2.75) is 41.5 Å². The zero-order valence-electron chi connectivity index (χ0n) is 14.2. The van der Waals surface area contributed by atoms with Crippen molar-refractivity contribution in [2.24, 2.45) is 0 Å². The van der Waals surface area contributed by atoms with E-state index in [1.165, 1.54) is 0 Å². The fourth-order valence-electron chi connectivity index (χ4n) is 2.95. The van der Waals surface area contributed by atoms with Crippen molar-refractivity contribution < 1.29 is 14.7 Å². The van der Waals surface area contributed by atoms with Crippen LogP contribution in [-0.2, 0) is 9.59 Å². The highest BCUT2D eigenvalue weighted by Gasteiger charge is 2.26. The summed E-state index contributed by atoms with van der Waals surface area (Å²) in [4.78, 5) is 28.0. The molecule has 2 heterocycles. The first kappa shape index (κ1) is 17.6. The highest BCUT2D eigenvalue weighted by atomic mass is 32.1. The fraction of sp³-hybridized carbons (Fsp3) is 0.333. The van der Waals surface area contributed by atoms with Crippen molar-refractivity contribution in [1.82, 2.24) is 0 Å². The topological polar surface area (TPSA) is 54.4 Å². The zero-order valence-corrected chi connectivity index (χ0v) is 15.8. The van der Waals surface area contributed by atoms with Crippen LogP contribution in [-0.4, -0.2) is 17.4 Å². The lowest BCUT2D eigenvalue weighted by Gasteiger charge is -2.11. The molecule has 0 aromatic carbocycles. The SMILES string of the molecule is Cc1sc(C)c(/C(C=O)=C(/C(=O)O)c2c(C)sc(C)c2C)c1C. The number of carboxylic acid groups (broad SMARTS) is 1. The van der Waals surface area contributed by atoms with Crippen molar-refractivity contribution in [3.05, 3.63) is 41.8 Å². The number of thiophene rings is 2. The second-order valence-corrected chi connectivity index (χ2v) is 8.50. The Labute approximate surface area is 144 Å². The van der Waals surface area contributed by atoms with Crippen LogP contribution in [0.25, 0.3) is 11.1 Å². The molecule has 3 nitrogen and oxygen atoms in total. The molecule has 0 aliphatic carbocycles. The van der Waals surface area contributed by atoms with E-state index in [-0.39, 0.29) is 11.1 Å². The van der Waals surface area contributed by atoms with Crippen molar-refractivity contribution in [2.75, 3.05) is 0 Å². The molecule has 0 unspecified atom stereocenters. The molecule has 0 saturated carbocycles. The van der Waals surface area contributed by atoms with Gasteiger partial charge in [0.05, 0.1) is 5.57 Å². The van der Waals surface area contributed by atoms with Crippen LogP contribution in [0, 0.1) is 41.5 Å². The smallest absolute Gasteiger partial charge is 0.337 e. The van der Waals surface area contributed by atoms with Crippen LogP contribution in [0.5, 0.6) is 0 Å². The van der Waals surface area contributed by atoms with Gasteiger partial charge in [-0.2, -0.15) is 0 Å². The number of aldehydes is 1. The maximum absolute atomic E-state index is 12.0. The number of rotatable bonds is 4. The van der Waals surface area contributed by atoms with Gasteiger partial charge in [-0.1, -0.05) is 0 Å². The van der Waals surface area contributed by atoms with Crippen LogP contribution in [0.2, 0.25) is 0 Å². The second-order valence-electron chi connectivity index (χ2n) is 5.64. The van der Waals surface area contributed by atoms with Crippen LogP contribution in [0.15, 0.2) is 0 Å². The van der Waals surface area contributed by atoms with Gasteiger partial charge in [0.15, 0.2) is 6.29 Å². The maximum Gasteiger partial charge on any atom is 0.337 e. The summed E-state index contributed by atoms with van der Waals surface area (Å²) in [6.45, 7) is 11.7. The molecule has 0 atom stereocenters. The Morgan fingerprint density at radius 1 is 0.826 bits per heavy atom. The van der Waals surface area contributed by atoms with Crippen molar-refractivity contribution in [3.63, 3.8) is 0 Å². The predicted molar refractivity (Wildman–Crippen MR) is 97.6 cm³/mol. The molecule has 2 rings (SSSR count). The Kier molecular flexibility index (Phi) is 4.92. The summed E-state index contributed by atoms with van der Waals surface area (Å²) < 4.78 is 0. The number of carbonyl (C=O) groups is 2. The molecule has 5 heteroatoms. The van der Waals surface area contributed by atoms with E-state index in [1.54, 1.807) is 22.7 Å². The molecular formula is C18H20O3S2. The molecule has 0 bridgehead atoms. The molecular weight excluding hydrogens is 328 g/mol. The zero-order chi connectivity index (χ0) is 17.5. The van der Waals surface area contributed by atoms with Gasteiger partial charge >= 0.3 is 5.97 Å². The van der Waals surface area contributed by atoms with Gasteiger partial charge < -0.3 is 5.11 Å². The summed E-state index contributed by atoms with van der Waals surface area (Å²) in [6.07, 6.45) is 0.691. The summed E-state index contributed by atoms with van der Waals surface area (Å²) >= 11 is 3.16. The molecule has 0 aliphatic rings. The lowest BCUT2D eigenvalue weighted by molar-refractivity contribution is -0.130. The molecule has 2 aromatic heterocycles. The molecule has 23 heavy (non-hydrogen) atoms. The van der Waals surface area contributed by atoms with Crippen LogP contribution in [0.4, 0.5) is 0 Å². The third-order valence-corrected chi connectivity index (χ3v) is 6.49. The Morgan fingerprint density at radius 3 is 1.57 bits per heavy atom. The van der Waals surface area contributed by atoms with E-state index in [9.17, 15) is 14.7 Å². The average Bonchev–Trinajstić information content (AvgIpc) is 2.85. The fourth-order valence-corrected chi connectivity index (χ4v) is 5.10. The van der Waals surface area contributed by atoms with Gasteiger partial charge in [0, 0.05) is 36.2 Å². The molecule has 0 amide bonds. The predicted octanol–water partition coefficient (Wildman–Crippen LogP) is 4.85. The molecule has 0 aliphatic heterocycles. The molecule has 0 radical (unpaired) electrons. The van der Waals surface area contributed by atoms with Gasteiger partial charge in [-0.05, 0) is 52.7 Å². The molecule has 122 valence electrons. The summed E-state index contributed by atoms with van der Waals surface area (Å²) in [5, 5.41) is 9.83. The van der Waals surface area contributed by atoms with E-state index < -0.39 is 5.97 Å². The van der Waals surface area contributed by atoms with Crippen molar-refractivity contribution in [1.29, 1.82) is 0 Å². The van der Waals surface area contributed by atoms with E-state index in [0.29, 0.717) is 11.8 Å². The first-order valence-electron chi connectivity index (χ1n) is 7.27. The molecule has 1 N–H and O–H groups in total. The molecule has 2 aromatic rings. The minimum Gasteiger partial charge on any atom is -0.478 e. The first-order chi connectivity index (χ1) is 10.7. The number of carbonyl (C=O) groups excluding carboxylic acids is 1. The molecule has 0 saturated heterocycles. The van der Waals surface area contributed by atoms with Gasteiger partial charge in [0.1, 0.15) is 0 Å². The molecule has 0 spiro atoms. The summed E-state index contributed by atoms with van der Waals surface area (Å²) in [5.41, 5.74) is 3.76. The first-order valence-corrected chi connectivity index (χ1v) is 8.90. The maximum atomic E-state index is 12.0. The largest absolute Gasteiger partial charge is 0.478 e. The number of hydrogen-bond acceptors (Lipinski definition) is 4. The number of aliphatic carboxylic acids is 1. The standard InChI is InChI=1S/C18H20O3S2/c1-8-10(3)22-12(5)15(8)14(7-19)17(18(20)21)16-9(2)11(4)23-13(16)6/h7H,1-6H3,(H,20,21)/b17-14+. The summed E-state index contributed by atoms with van der Waals surface area (Å²) in [7, 11) is 0. The van der Waals surface area contributed by atoms with E-state index in [4.69, 9.17) is 0 Å². The Morgan fingerprint density at radius 2 is 1.26 bits per heavy atom. The summed E-state index contributed by atoms with van der Waals surface area (Å²) in [6, 6.07) is 0.